The molecule has 1 aromatic rings. The van der Waals surface area contributed by atoms with Crippen molar-refractivity contribution < 1.29 is 33.9 Å². The van der Waals surface area contributed by atoms with E-state index in [0.29, 0.717) is 50.9 Å². The maximum absolute atomic E-state index is 13.9. The smallest absolute Gasteiger partial charge is 0.325 e. The lowest BCUT2D eigenvalue weighted by atomic mass is 9.96. The molecular weight excluding hydrogens is 586 g/mol. The second-order valence-corrected chi connectivity index (χ2v) is 11.9. The van der Waals surface area contributed by atoms with Crippen LogP contribution < -0.4 is 26.6 Å². The summed E-state index contributed by atoms with van der Waals surface area (Å²) in [6.45, 7) is 7.40. The zero-order chi connectivity index (χ0) is 33.3. The van der Waals surface area contributed by atoms with Gasteiger partial charge in [0.1, 0.15) is 30.2 Å². The van der Waals surface area contributed by atoms with E-state index < -0.39 is 65.8 Å². The first-order valence-corrected chi connectivity index (χ1v) is 15.7. The number of likely N-dealkylation sites (N-methyl/N-ethyl adjacent to an activating group) is 1. The van der Waals surface area contributed by atoms with Gasteiger partial charge < -0.3 is 36.6 Å². The molecule has 1 fully saturated rings. The molecule has 1 saturated heterocycles. The maximum Gasteiger partial charge on any atom is 0.325 e. The molecule has 250 valence electrons. The van der Waals surface area contributed by atoms with Gasteiger partial charge in [0, 0.05) is 25.7 Å². The first kappa shape index (κ1) is 35.4. The highest BCUT2D eigenvalue weighted by atomic mass is 16.4. The second kappa shape index (κ2) is 16.3. The number of carboxylic acid groups (broad SMARTS) is 1. The Kier molecular flexibility index (Phi) is 12.8. The van der Waals surface area contributed by atoms with Crippen molar-refractivity contribution in [2.45, 2.75) is 115 Å². The van der Waals surface area contributed by atoms with Crippen LogP contribution in [0.2, 0.25) is 0 Å². The van der Waals surface area contributed by atoms with Gasteiger partial charge in [-0.2, -0.15) is 0 Å². The molecule has 45 heavy (non-hydrogen) atoms. The lowest BCUT2D eigenvalue weighted by Gasteiger charge is -2.31. The molecule has 3 rings (SSSR count). The molecule has 0 aliphatic carbocycles. The number of nitrogens with one attached hydrogen (secondary N) is 5. The van der Waals surface area contributed by atoms with E-state index in [4.69, 9.17) is 0 Å². The second-order valence-electron chi connectivity index (χ2n) is 11.9. The van der Waals surface area contributed by atoms with Gasteiger partial charge in [0.25, 0.3) is 0 Å². The van der Waals surface area contributed by atoms with Crippen molar-refractivity contribution in [2.75, 3.05) is 13.6 Å². The molecule has 6 N–H and O–H groups in total. The fourth-order valence-electron chi connectivity index (χ4n) is 5.36. The summed E-state index contributed by atoms with van der Waals surface area (Å²) in [5.41, 5.74) is 0.482. The summed E-state index contributed by atoms with van der Waals surface area (Å²) in [5, 5.41) is 31.3. The van der Waals surface area contributed by atoms with Gasteiger partial charge in [-0.1, -0.05) is 25.5 Å². The number of rotatable bonds is 8. The summed E-state index contributed by atoms with van der Waals surface area (Å²) in [5.74, 6) is -4.08. The van der Waals surface area contributed by atoms with Crippen LogP contribution in [-0.4, -0.2) is 110 Å². The van der Waals surface area contributed by atoms with E-state index in [1.165, 1.54) is 11.8 Å². The number of carbonyl (C=O) groups is 6. The molecule has 7 unspecified atom stereocenters. The molecule has 2 aliphatic rings. The average molecular weight is 634 g/mol. The summed E-state index contributed by atoms with van der Waals surface area (Å²) in [7, 11) is 1.64. The predicted octanol–water partition coefficient (Wildman–Crippen LogP) is -1.31. The Morgan fingerprint density at radius 3 is 2.42 bits per heavy atom. The molecule has 0 aromatic carbocycles. The number of carbonyl (C=O) groups excluding carboxylic acids is 5. The lowest BCUT2D eigenvalue weighted by Crippen LogP contribution is -2.60. The summed E-state index contributed by atoms with van der Waals surface area (Å²) in [6.07, 6.45) is 4.45. The van der Waals surface area contributed by atoms with Gasteiger partial charge in [-0.05, 0) is 58.9 Å². The molecule has 0 saturated carbocycles. The lowest BCUT2D eigenvalue weighted by molar-refractivity contribution is -0.143. The zero-order valence-electron chi connectivity index (χ0n) is 26.7. The van der Waals surface area contributed by atoms with Crippen molar-refractivity contribution in [3.8, 4) is 0 Å². The number of amides is 5. The maximum atomic E-state index is 13.9. The van der Waals surface area contributed by atoms with Crippen molar-refractivity contribution in [1.29, 1.82) is 0 Å². The third-order valence-corrected chi connectivity index (χ3v) is 8.56. The van der Waals surface area contributed by atoms with Crippen LogP contribution >= 0.6 is 0 Å². The highest BCUT2D eigenvalue weighted by Gasteiger charge is 2.40. The molecule has 2 aliphatic heterocycles. The van der Waals surface area contributed by atoms with E-state index in [9.17, 15) is 33.9 Å². The van der Waals surface area contributed by atoms with E-state index >= 15 is 0 Å². The van der Waals surface area contributed by atoms with Crippen LogP contribution in [-0.2, 0) is 41.7 Å². The first-order valence-electron chi connectivity index (χ1n) is 15.7. The number of carboxylic acids is 1. The third kappa shape index (κ3) is 9.45. The number of hydrogen-bond acceptors (Lipinski definition) is 9. The molecular formula is C29H47N9O7. The summed E-state index contributed by atoms with van der Waals surface area (Å²) >= 11 is 0. The molecule has 2 bridgehead atoms. The van der Waals surface area contributed by atoms with Crippen LogP contribution in [0.1, 0.15) is 71.9 Å². The Morgan fingerprint density at radius 2 is 1.76 bits per heavy atom. The molecule has 5 amide bonds. The summed E-state index contributed by atoms with van der Waals surface area (Å²) in [6, 6.07) is -5.64. The molecule has 7 atom stereocenters. The van der Waals surface area contributed by atoms with E-state index in [0.717, 1.165) is 0 Å². The number of fused-ring (bicyclic) bond motifs is 3. The normalized spacial score (nSPS) is 25.4. The highest BCUT2D eigenvalue weighted by molar-refractivity contribution is 5.96. The van der Waals surface area contributed by atoms with Crippen molar-refractivity contribution >= 4 is 35.5 Å². The molecule has 16 nitrogen and oxygen atoms in total. The van der Waals surface area contributed by atoms with Gasteiger partial charge in [-0.25, -0.2) is 0 Å². The number of aromatic nitrogens is 3. The van der Waals surface area contributed by atoms with Gasteiger partial charge in [0.2, 0.25) is 29.5 Å². The van der Waals surface area contributed by atoms with Crippen LogP contribution in [0.25, 0.3) is 0 Å². The molecule has 0 spiro atoms. The number of nitrogens with zero attached hydrogens (tertiary/aromatic N) is 4. The van der Waals surface area contributed by atoms with Gasteiger partial charge in [-0.3, -0.25) is 33.4 Å². The van der Waals surface area contributed by atoms with Gasteiger partial charge >= 0.3 is 5.97 Å². The Bertz CT molecular complexity index is 1240. The molecule has 0 radical (unpaired) electrons. The topological polar surface area (TPSA) is 217 Å². The Balaban J connectivity index is 1.95. The molecule has 16 heteroatoms. The van der Waals surface area contributed by atoms with Gasteiger partial charge in [-0.15, -0.1) is 5.10 Å². The van der Waals surface area contributed by atoms with Crippen LogP contribution in [0.15, 0.2) is 6.20 Å². The van der Waals surface area contributed by atoms with E-state index in [-0.39, 0.29) is 24.7 Å². The minimum absolute atomic E-state index is 0.0632. The number of aryl methyl sites for hydroxylation is 1. The monoisotopic (exact) mass is 633 g/mol. The van der Waals surface area contributed by atoms with E-state index in [1.54, 1.807) is 31.8 Å². The summed E-state index contributed by atoms with van der Waals surface area (Å²) in [4.78, 5) is 79.9. The minimum Gasteiger partial charge on any atom is -0.480 e. The first-order chi connectivity index (χ1) is 21.4. The Hall–Kier alpha value is -4.08. The number of aliphatic carboxylic acids is 1. The minimum atomic E-state index is -1.21. The molecule has 1 aromatic heterocycles. The van der Waals surface area contributed by atoms with Gasteiger partial charge in [0.15, 0.2) is 0 Å². The van der Waals surface area contributed by atoms with Crippen LogP contribution in [0.4, 0.5) is 0 Å². The largest absolute Gasteiger partial charge is 0.480 e. The standard InChI is InChI=1S/C29H47N9O7/c1-6-16(2)23-27(42)32-20(25(40)31-18(4)29(44)45)10-7-8-12-37-15-19(35-36-37)14-21(33-24(39)17(3)30-5)28(43)38-13-9-11-22(38)26(41)34-23/h15-18,20-23,30H,6-14H2,1-5H3,(H,31,40)(H,32,42)(H,33,39)(H,34,41)(H,44,45). The Morgan fingerprint density at radius 1 is 1.02 bits per heavy atom. The van der Waals surface area contributed by atoms with Crippen molar-refractivity contribution in [2.24, 2.45) is 5.92 Å². The highest BCUT2D eigenvalue weighted by Crippen LogP contribution is 2.21. The van der Waals surface area contributed by atoms with E-state index in [2.05, 4.69) is 36.9 Å². The van der Waals surface area contributed by atoms with Crippen LogP contribution in [0.5, 0.6) is 0 Å². The Labute approximate surface area is 262 Å². The zero-order valence-corrected chi connectivity index (χ0v) is 26.7. The summed E-state index contributed by atoms with van der Waals surface area (Å²) < 4.78 is 1.60. The fraction of sp³-hybridized carbons (Fsp3) is 0.724. The fourth-order valence-corrected chi connectivity index (χ4v) is 5.36. The third-order valence-electron chi connectivity index (χ3n) is 8.56. The van der Waals surface area contributed by atoms with Crippen LogP contribution in [0.3, 0.4) is 0 Å². The quantitative estimate of drug-likeness (QED) is 0.199. The molecule has 3 heterocycles. The number of hydrogen-bond donors (Lipinski definition) is 6. The van der Waals surface area contributed by atoms with Crippen molar-refractivity contribution in [3.05, 3.63) is 11.9 Å². The SMILES string of the molecule is CCC(C)C1NC(=O)C2CCCN2C(=O)C(NC(=O)C(C)NC)Cc2cn(nn2)CCCCC(C(=O)NC(C)C(=O)O)NC1=O. The van der Waals surface area contributed by atoms with E-state index in [1.807, 2.05) is 6.92 Å². The van der Waals surface area contributed by atoms with Crippen LogP contribution in [0, 0.1) is 5.92 Å². The van der Waals surface area contributed by atoms with Gasteiger partial charge in [0.05, 0.1) is 11.7 Å². The van der Waals surface area contributed by atoms with Crippen molar-refractivity contribution in [3.63, 3.8) is 0 Å². The van der Waals surface area contributed by atoms with Crippen molar-refractivity contribution in [1.82, 2.24) is 46.5 Å². The average Bonchev–Trinajstić information content (AvgIpc) is 3.69. The predicted molar refractivity (Wildman–Crippen MR) is 161 cm³/mol.